The molecule has 84 valence electrons. The number of hydrogen-bond acceptors (Lipinski definition) is 3. The molecule has 1 aliphatic heterocycles. The predicted octanol–water partition coefficient (Wildman–Crippen LogP) is 3.29. The summed E-state index contributed by atoms with van der Waals surface area (Å²) in [5.74, 6) is 2.77. The summed E-state index contributed by atoms with van der Waals surface area (Å²) in [6.07, 6.45) is 6.78. The molecule has 0 amide bonds. The molecule has 0 aromatic rings. The van der Waals surface area contributed by atoms with Crippen molar-refractivity contribution in [3.05, 3.63) is 11.6 Å². The van der Waals surface area contributed by atoms with Crippen LogP contribution in [0.3, 0.4) is 0 Å². The van der Waals surface area contributed by atoms with Gasteiger partial charge in [0.15, 0.2) is 5.78 Å². The van der Waals surface area contributed by atoms with E-state index in [2.05, 4.69) is 13.0 Å². The van der Waals surface area contributed by atoms with Crippen molar-refractivity contribution in [2.45, 2.75) is 43.1 Å². The van der Waals surface area contributed by atoms with Gasteiger partial charge in [0.05, 0.1) is 5.25 Å². The van der Waals surface area contributed by atoms with Crippen LogP contribution >= 0.6 is 23.5 Å². The van der Waals surface area contributed by atoms with Crippen molar-refractivity contribution >= 4 is 29.3 Å². The highest BCUT2D eigenvalue weighted by Gasteiger charge is 2.30. The summed E-state index contributed by atoms with van der Waals surface area (Å²) in [4.78, 5) is 12.3. The van der Waals surface area contributed by atoms with Crippen molar-refractivity contribution in [2.75, 3.05) is 11.5 Å². The van der Waals surface area contributed by atoms with Crippen molar-refractivity contribution in [3.63, 3.8) is 0 Å². The van der Waals surface area contributed by atoms with Crippen LogP contribution in [0.2, 0.25) is 0 Å². The molecule has 0 bridgehead atoms. The lowest BCUT2D eigenvalue weighted by molar-refractivity contribution is -0.115. The molecule has 1 heterocycles. The zero-order valence-electron chi connectivity index (χ0n) is 9.20. The van der Waals surface area contributed by atoms with Gasteiger partial charge in [-0.2, -0.15) is 11.8 Å². The number of Topliss-reactive ketones (excluding diaryl/α,β-unsaturated/α-hetero) is 1. The van der Waals surface area contributed by atoms with Crippen molar-refractivity contribution in [1.29, 1.82) is 0 Å². The fourth-order valence-corrected chi connectivity index (χ4v) is 4.90. The van der Waals surface area contributed by atoms with Crippen LogP contribution in [-0.2, 0) is 4.79 Å². The molecule has 2 unspecified atom stereocenters. The zero-order valence-corrected chi connectivity index (χ0v) is 10.8. The molecule has 0 N–H and O–H groups in total. The fraction of sp³-hybridized carbons (Fsp3) is 0.750. The Labute approximate surface area is 100 Å². The molecular formula is C12H18OS2. The minimum atomic E-state index is 0.230. The smallest absolute Gasteiger partial charge is 0.172 e. The Hall–Kier alpha value is 0.110. The summed E-state index contributed by atoms with van der Waals surface area (Å²) in [7, 11) is 0. The van der Waals surface area contributed by atoms with Crippen LogP contribution in [0.4, 0.5) is 0 Å². The summed E-state index contributed by atoms with van der Waals surface area (Å²) in [5.41, 5.74) is 1.12. The molecule has 2 atom stereocenters. The van der Waals surface area contributed by atoms with E-state index in [4.69, 9.17) is 0 Å². The van der Waals surface area contributed by atoms with Crippen molar-refractivity contribution in [3.8, 4) is 0 Å². The van der Waals surface area contributed by atoms with Crippen LogP contribution in [0.15, 0.2) is 11.6 Å². The molecule has 15 heavy (non-hydrogen) atoms. The Balaban J connectivity index is 2.02. The standard InChI is InChI=1S/C12H18OS2/c1-9-12(15-8-7-14-9)11(13)10-5-3-2-4-6-10/h5,9,12H,2-4,6-8H2,1H3. The second-order valence-electron chi connectivity index (χ2n) is 4.21. The third kappa shape index (κ3) is 2.82. The average Bonchev–Trinajstić information content (AvgIpc) is 2.30. The van der Waals surface area contributed by atoms with Gasteiger partial charge in [-0.15, -0.1) is 11.8 Å². The van der Waals surface area contributed by atoms with Gasteiger partial charge in [0.2, 0.25) is 0 Å². The van der Waals surface area contributed by atoms with Gasteiger partial charge >= 0.3 is 0 Å². The van der Waals surface area contributed by atoms with E-state index in [9.17, 15) is 4.79 Å². The van der Waals surface area contributed by atoms with Crippen LogP contribution in [0, 0.1) is 0 Å². The Morgan fingerprint density at radius 3 is 2.80 bits per heavy atom. The minimum Gasteiger partial charge on any atom is -0.293 e. The number of ketones is 1. The lowest BCUT2D eigenvalue weighted by Gasteiger charge is -2.28. The van der Waals surface area contributed by atoms with Crippen LogP contribution < -0.4 is 0 Å². The second kappa shape index (κ2) is 5.44. The molecular weight excluding hydrogens is 224 g/mol. The summed E-state index contributed by atoms with van der Waals surface area (Å²) in [6.45, 7) is 2.20. The maximum Gasteiger partial charge on any atom is 0.172 e. The van der Waals surface area contributed by atoms with Crippen molar-refractivity contribution in [2.24, 2.45) is 0 Å². The van der Waals surface area contributed by atoms with E-state index in [0.717, 1.165) is 24.2 Å². The quantitative estimate of drug-likeness (QED) is 0.739. The molecule has 2 aliphatic rings. The van der Waals surface area contributed by atoms with E-state index in [0.29, 0.717) is 11.0 Å². The lowest BCUT2D eigenvalue weighted by atomic mass is 9.94. The SMILES string of the molecule is CC1SCCSC1C(=O)C1=CCCCC1. The molecule has 0 saturated carbocycles. The first kappa shape index (κ1) is 11.6. The zero-order chi connectivity index (χ0) is 10.7. The first-order valence-electron chi connectivity index (χ1n) is 5.75. The number of allylic oxidation sites excluding steroid dienone is 2. The summed E-state index contributed by atoms with van der Waals surface area (Å²) in [5, 5.41) is 0.729. The van der Waals surface area contributed by atoms with Gasteiger partial charge in [0.25, 0.3) is 0 Å². The fourth-order valence-electron chi connectivity index (χ4n) is 2.17. The first-order valence-corrected chi connectivity index (χ1v) is 7.85. The molecule has 1 nitrogen and oxygen atoms in total. The van der Waals surface area contributed by atoms with E-state index in [1.807, 2.05) is 23.5 Å². The van der Waals surface area contributed by atoms with Crippen LogP contribution in [-0.4, -0.2) is 27.8 Å². The number of hydrogen-bond donors (Lipinski definition) is 0. The highest BCUT2D eigenvalue weighted by Crippen LogP contribution is 2.34. The molecule has 0 aromatic carbocycles. The van der Waals surface area contributed by atoms with Crippen molar-refractivity contribution in [1.82, 2.24) is 0 Å². The van der Waals surface area contributed by atoms with Gasteiger partial charge in [-0.25, -0.2) is 0 Å². The van der Waals surface area contributed by atoms with Gasteiger partial charge < -0.3 is 0 Å². The molecule has 1 aliphatic carbocycles. The molecule has 0 aromatic heterocycles. The average molecular weight is 242 g/mol. The van der Waals surface area contributed by atoms with Gasteiger partial charge in [-0.05, 0) is 31.3 Å². The third-order valence-electron chi connectivity index (χ3n) is 3.05. The first-order chi connectivity index (χ1) is 7.29. The number of carbonyl (C=O) groups is 1. The molecule has 1 fully saturated rings. The molecule has 2 rings (SSSR count). The van der Waals surface area contributed by atoms with E-state index < -0.39 is 0 Å². The van der Waals surface area contributed by atoms with E-state index in [1.54, 1.807) is 0 Å². The van der Waals surface area contributed by atoms with Crippen LogP contribution in [0.5, 0.6) is 0 Å². The van der Waals surface area contributed by atoms with E-state index in [-0.39, 0.29) is 5.25 Å². The number of carbonyl (C=O) groups excluding carboxylic acids is 1. The number of thioether (sulfide) groups is 2. The van der Waals surface area contributed by atoms with Crippen LogP contribution in [0.1, 0.15) is 32.6 Å². The van der Waals surface area contributed by atoms with Gasteiger partial charge in [-0.3, -0.25) is 4.79 Å². The Kier molecular flexibility index (Phi) is 4.21. The maximum absolute atomic E-state index is 12.3. The summed E-state index contributed by atoms with van der Waals surface area (Å²) in [6, 6.07) is 0. The van der Waals surface area contributed by atoms with E-state index in [1.165, 1.54) is 18.6 Å². The van der Waals surface area contributed by atoms with Crippen LogP contribution in [0.25, 0.3) is 0 Å². The maximum atomic E-state index is 12.3. The summed E-state index contributed by atoms with van der Waals surface area (Å²) >= 11 is 3.81. The van der Waals surface area contributed by atoms with Gasteiger partial charge in [0.1, 0.15) is 0 Å². The Morgan fingerprint density at radius 2 is 2.13 bits per heavy atom. The second-order valence-corrected chi connectivity index (χ2v) is 6.94. The van der Waals surface area contributed by atoms with Gasteiger partial charge in [0, 0.05) is 16.8 Å². The summed E-state index contributed by atoms with van der Waals surface area (Å²) < 4.78 is 0. The normalized spacial score (nSPS) is 32.2. The Morgan fingerprint density at radius 1 is 1.33 bits per heavy atom. The topological polar surface area (TPSA) is 17.1 Å². The highest BCUT2D eigenvalue weighted by atomic mass is 32.2. The molecule has 0 spiro atoms. The Bertz CT molecular complexity index is 273. The number of rotatable bonds is 2. The van der Waals surface area contributed by atoms with Crippen molar-refractivity contribution < 1.29 is 4.79 Å². The predicted molar refractivity (Wildman–Crippen MR) is 69.7 cm³/mol. The third-order valence-corrected chi connectivity index (χ3v) is 6.14. The van der Waals surface area contributed by atoms with Gasteiger partial charge in [-0.1, -0.05) is 13.0 Å². The largest absolute Gasteiger partial charge is 0.293 e. The monoisotopic (exact) mass is 242 g/mol. The lowest BCUT2D eigenvalue weighted by Crippen LogP contribution is -2.32. The minimum absolute atomic E-state index is 0.230. The molecule has 3 heteroatoms. The molecule has 1 saturated heterocycles. The molecule has 0 radical (unpaired) electrons. The van der Waals surface area contributed by atoms with E-state index >= 15 is 0 Å². The highest BCUT2D eigenvalue weighted by molar-refractivity contribution is 8.07.